The summed E-state index contributed by atoms with van der Waals surface area (Å²) >= 11 is 0. The maximum Gasteiger partial charge on any atom is 0.281 e. The minimum Gasteiger partial charge on any atom is -0.361 e. The predicted octanol–water partition coefficient (Wildman–Crippen LogP) is 3.02. The highest BCUT2D eigenvalue weighted by Crippen LogP contribution is 2.36. The largest absolute Gasteiger partial charge is 0.361 e. The number of rotatable bonds is 5. The molecule has 0 spiro atoms. The number of hydrogen-bond acceptors (Lipinski definition) is 4. The molecule has 0 amide bonds. The first kappa shape index (κ1) is 18.9. The van der Waals surface area contributed by atoms with Crippen LogP contribution >= 0.6 is 0 Å². The molecule has 4 rings (SSSR count). The van der Waals surface area contributed by atoms with E-state index in [0.717, 1.165) is 28.1 Å². The Balaban J connectivity index is 1.80. The molecule has 0 atom stereocenters. The number of benzene rings is 2. The van der Waals surface area contributed by atoms with Crippen molar-refractivity contribution in [2.75, 3.05) is 20.6 Å². The van der Waals surface area contributed by atoms with Crippen molar-refractivity contribution in [3.8, 4) is 0 Å². The molecule has 28 heavy (non-hydrogen) atoms. The topological polar surface area (TPSA) is 66.7 Å². The fraction of sp³-hybridized carbons (Fsp3) is 0.286. The Morgan fingerprint density at radius 1 is 1.00 bits per heavy atom. The molecule has 2 heterocycles. The van der Waals surface area contributed by atoms with Crippen molar-refractivity contribution in [2.45, 2.75) is 18.9 Å². The van der Waals surface area contributed by atoms with Gasteiger partial charge in [-0.15, -0.1) is 0 Å². The maximum absolute atomic E-state index is 12.6. The van der Waals surface area contributed by atoms with Crippen LogP contribution in [0.15, 0.2) is 65.2 Å². The van der Waals surface area contributed by atoms with Crippen molar-refractivity contribution in [1.29, 1.82) is 0 Å². The molecule has 0 fully saturated rings. The fourth-order valence-corrected chi connectivity index (χ4v) is 4.73. The van der Waals surface area contributed by atoms with E-state index in [4.69, 9.17) is 4.52 Å². The Morgan fingerprint density at radius 2 is 1.57 bits per heavy atom. The van der Waals surface area contributed by atoms with Gasteiger partial charge >= 0.3 is 0 Å². The highest BCUT2D eigenvalue weighted by molar-refractivity contribution is 7.86. The second kappa shape index (κ2) is 7.50. The van der Waals surface area contributed by atoms with Crippen LogP contribution in [0.25, 0.3) is 0 Å². The molecular formula is C21H23N3O3S. The molecular weight excluding hydrogens is 374 g/mol. The Morgan fingerprint density at radius 3 is 2.11 bits per heavy atom. The van der Waals surface area contributed by atoms with Crippen molar-refractivity contribution in [2.24, 2.45) is 0 Å². The van der Waals surface area contributed by atoms with Gasteiger partial charge in [0.2, 0.25) is 0 Å². The van der Waals surface area contributed by atoms with Crippen molar-refractivity contribution < 1.29 is 12.9 Å². The lowest BCUT2D eigenvalue weighted by Gasteiger charge is -2.28. The second-order valence-electron chi connectivity index (χ2n) is 7.10. The number of fused-ring (bicyclic) bond motifs is 1. The normalized spacial score (nSPS) is 15.1. The summed E-state index contributed by atoms with van der Waals surface area (Å²) in [6, 6.07) is 20.2. The van der Waals surface area contributed by atoms with Gasteiger partial charge in [0.1, 0.15) is 11.5 Å². The van der Waals surface area contributed by atoms with E-state index < -0.39 is 10.2 Å². The van der Waals surface area contributed by atoms with E-state index in [9.17, 15) is 8.42 Å². The van der Waals surface area contributed by atoms with E-state index in [0.29, 0.717) is 13.0 Å². The molecule has 3 aromatic rings. The minimum atomic E-state index is -3.50. The zero-order valence-corrected chi connectivity index (χ0v) is 16.8. The Labute approximate surface area is 165 Å². The third-order valence-electron chi connectivity index (χ3n) is 5.15. The van der Waals surface area contributed by atoms with Crippen LogP contribution in [-0.4, -0.2) is 42.8 Å². The molecule has 6 nitrogen and oxygen atoms in total. The van der Waals surface area contributed by atoms with E-state index in [-0.39, 0.29) is 12.5 Å². The third-order valence-corrected chi connectivity index (χ3v) is 7.04. The number of aromatic nitrogens is 1. The first-order valence-electron chi connectivity index (χ1n) is 9.23. The highest BCUT2D eigenvalue weighted by atomic mass is 32.2. The molecule has 0 N–H and O–H groups in total. The second-order valence-corrected chi connectivity index (χ2v) is 9.24. The SMILES string of the molecule is CN(C)S(=O)(=O)N1CCc2onc(C(c3ccccc3)c3ccccc3)c2C1. The molecule has 0 saturated heterocycles. The molecule has 0 radical (unpaired) electrons. The van der Waals surface area contributed by atoms with Gasteiger partial charge in [0.15, 0.2) is 0 Å². The molecule has 0 bridgehead atoms. The molecule has 146 valence electrons. The number of hydrogen-bond donors (Lipinski definition) is 0. The number of nitrogens with zero attached hydrogens (tertiary/aromatic N) is 3. The molecule has 1 aliphatic rings. The van der Waals surface area contributed by atoms with Crippen LogP contribution in [0.2, 0.25) is 0 Å². The zero-order chi connectivity index (χ0) is 19.7. The Hall–Kier alpha value is -2.48. The van der Waals surface area contributed by atoms with Gasteiger partial charge in [-0.3, -0.25) is 0 Å². The summed E-state index contributed by atoms with van der Waals surface area (Å²) in [5.74, 6) is 0.661. The van der Waals surface area contributed by atoms with Crippen molar-refractivity contribution >= 4 is 10.2 Å². The van der Waals surface area contributed by atoms with Crippen molar-refractivity contribution in [1.82, 2.24) is 13.8 Å². The summed E-state index contributed by atoms with van der Waals surface area (Å²) < 4.78 is 33.7. The lowest BCUT2D eigenvalue weighted by Crippen LogP contribution is -2.42. The van der Waals surface area contributed by atoms with Crippen LogP contribution < -0.4 is 0 Å². The minimum absolute atomic E-state index is 0.114. The summed E-state index contributed by atoms with van der Waals surface area (Å²) in [6.07, 6.45) is 0.520. The van der Waals surface area contributed by atoms with E-state index in [1.165, 1.54) is 8.61 Å². The average molecular weight is 398 g/mol. The fourth-order valence-electron chi connectivity index (χ4n) is 3.66. The standard InChI is InChI=1S/C21H23N3O3S/c1-23(2)28(25,26)24-14-13-19-18(15-24)21(22-27-19)20(16-9-5-3-6-10-16)17-11-7-4-8-12-17/h3-12,20H,13-15H2,1-2H3. The van der Waals surface area contributed by atoms with Gasteiger partial charge in [-0.25, -0.2) is 0 Å². The molecule has 0 aliphatic carbocycles. The molecule has 7 heteroatoms. The zero-order valence-electron chi connectivity index (χ0n) is 15.9. The average Bonchev–Trinajstić information content (AvgIpc) is 3.13. The van der Waals surface area contributed by atoms with Crippen LogP contribution in [0.3, 0.4) is 0 Å². The molecule has 0 unspecified atom stereocenters. The summed E-state index contributed by atoms with van der Waals surface area (Å²) in [6.45, 7) is 0.661. The van der Waals surface area contributed by atoms with Gasteiger partial charge in [0, 0.05) is 39.2 Å². The summed E-state index contributed by atoms with van der Waals surface area (Å²) in [4.78, 5) is 0. The lowest BCUT2D eigenvalue weighted by atomic mass is 9.86. The Kier molecular flexibility index (Phi) is 5.05. The lowest BCUT2D eigenvalue weighted by molar-refractivity contribution is 0.318. The summed E-state index contributed by atoms with van der Waals surface area (Å²) in [7, 11) is -0.392. The van der Waals surface area contributed by atoms with Gasteiger partial charge < -0.3 is 4.52 Å². The third kappa shape index (κ3) is 3.37. The molecule has 2 aromatic carbocycles. The monoisotopic (exact) mass is 397 g/mol. The first-order chi connectivity index (χ1) is 13.5. The van der Waals surface area contributed by atoms with Crippen LogP contribution in [0.4, 0.5) is 0 Å². The first-order valence-corrected chi connectivity index (χ1v) is 10.6. The van der Waals surface area contributed by atoms with Crippen LogP contribution in [-0.2, 0) is 23.2 Å². The molecule has 0 saturated carbocycles. The van der Waals surface area contributed by atoms with Gasteiger partial charge in [-0.1, -0.05) is 65.8 Å². The summed E-state index contributed by atoms with van der Waals surface area (Å²) in [5.41, 5.74) is 3.84. The van der Waals surface area contributed by atoms with Gasteiger partial charge in [0.25, 0.3) is 10.2 Å². The highest BCUT2D eigenvalue weighted by Gasteiger charge is 2.35. The van der Waals surface area contributed by atoms with Crippen molar-refractivity contribution in [3.63, 3.8) is 0 Å². The maximum atomic E-state index is 12.6. The predicted molar refractivity (Wildman–Crippen MR) is 107 cm³/mol. The summed E-state index contributed by atoms with van der Waals surface area (Å²) in [5, 5.41) is 4.40. The Bertz CT molecular complexity index is 1010. The van der Waals surface area contributed by atoms with Gasteiger partial charge in [-0.05, 0) is 11.1 Å². The smallest absolute Gasteiger partial charge is 0.281 e. The van der Waals surface area contributed by atoms with Crippen LogP contribution in [0, 0.1) is 0 Å². The van der Waals surface area contributed by atoms with Gasteiger partial charge in [0.05, 0.1) is 5.92 Å². The van der Waals surface area contributed by atoms with E-state index >= 15 is 0 Å². The van der Waals surface area contributed by atoms with E-state index in [2.05, 4.69) is 29.4 Å². The van der Waals surface area contributed by atoms with E-state index in [1.807, 2.05) is 36.4 Å². The molecule has 1 aromatic heterocycles. The van der Waals surface area contributed by atoms with Crippen molar-refractivity contribution in [3.05, 3.63) is 88.8 Å². The van der Waals surface area contributed by atoms with Crippen LogP contribution in [0.1, 0.15) is 34.1 Å². The molecule has 1 aliphatic heterocycles. The van der Waals surface area contributed by atoms with E-state index in [1.54, 1.807) is 14.1 Å². The van der Waals surface area contributed by atoms with Crippen LogP contribution in [0.5, 0.6) is 0 Å². The van der Waals surface area contributed by atoms with Gasteiger partial charge in [-0.2, -0.15) is 17.0 Å². The quantitative estimate of drug-likeness (QED) is 0.664.